The second-order valence-corrected chi connectivity index (χ2v) is 8.79. The third-order valence-corrected chi connectivity index (χ3v) is 6.60. The molecule has 0 atom stereocenters. The number of benzene rings is 1. The molecule has 1 aromatic carbocycles. The molecular weight excluding hydrogens is 404 g/mol. The summed E-state index contributed by atoms with van der Waals surface area (Å²) in [6.45, 7) is 2.01. The lowest BCUT2D eigenvalue weighted by Crippen LogP contribution is -2.24. The van der Waals surface area contributed by atoms with Crippen molar-refractivity contribution in [3.05, 3.63) is 29.3 Å². The van der Waals surface area contributed by atoms with Gasteiger partial charge in [-0.3, -0.25) is 23.9 Å². The SMILES string of the molecule is CN1C(=O)c2ccc(NC(=O)CSc3nnc(N4CCCC4)n3C3CC3)cc2C1=O. The summed E-state index contributed by atoms with van der Waals surface area (Å²) in [5, 5.41) is 12.3. The monoisotopic (exact) mass is 426 g/mol. The van der Waals surface area contributed by atoms with Crippen LogP contribution in [0, 0.1) is 0 Å². The topological polar surface area (TPSA) is 100 Å². The summed E-state index contributed by atoms with van der Waals surface area (Å²) in [6.07, 6.45) is 4.59. The fraction of sp³-hybridized carbons (Fsp3) is 0.450. The number of anilines is 2. The molecule has 1 saturated heterocycles. The molecule has 3 aliphatic rings. The summed E-state index contributed by atoms with van der Waals surface area (Å²) in [6, 6.07) is 5.20. The Morgan fingerprint density at radius 1 is 1.13 bits per heavy atom. The molecule has 0 radical (unpaired) electrons. The quantitative estimate of drug-likeness (QED) is 0.558. The highest BCUT2D eigenvalue weighted by molar-refractivity contribution is 7.99. The van der Waals surface area contributed by atoms with Gasteiger partial charge in [0.05, 0.1) is 16.9 Å². The first kappa shape index (κ1) is 19.1. The van der Waals surface area contributed by atoms with Crippen LogP contribution in [0.3, 0.4) is 0 Å². The molecule has 3 heterocycles. The number of carbonyl (C=O) groups excluding carboxylic acids is 3. The summed E-state index contributed by atoms with van der Waals surface area (Å²) in [5.74, 6) is 0.236. The minimum Gasteiger partial charge on any atom is -0.341 e. The van der Waals surface area contributed by atoms with Crippen LogP contribution in [0.15, 0.2) is 23.4 Å². The van der Waals surface area contributed by atoms with E-state index in [9.17, 15) is 14.4 Å². The van der Waals surface area contributed by atoms with Crippen molar-refractivity contribution in [3.63, 3.8) is 0 Å². The number of imide groups is 1. The number of aromatic nitrogens is 3. The Morgan fingerprint density at radius 3 is 2.60 bits per heavy atom. The Kier molecular flexibility index (Phi) is 4.73. The first-order valence-corrected chi connectivity index (χ1v) is 11.1. The molecule has 1 saturated carbocycles. The second kappa shape index (κ2) is 7.42. The Morgan fingerprint density at radius 2 is 1.87 bits per heavy atom. The molecular formula is C20H22N6O3S. The number of hydrogen-bond donors (Lipinski definition) is 1. The van der Waals surface area contributed by atoms with Gasteiger partial charge < -0.3 is 10.2 Å². The Labute approximate surface area is 177 Å². The van der Waals surface area contributed by atoms with Crippen molar-refractivity contribution in [2.45, 2.75) is 36.9 Å². The van der Waals surface area contributed by atoms with Crippen molar-refractivity contribution < 1.29 is 14.4 Å². The summed E-state index contributed by atoms with van der Waals surface area (Å²) < 4.78 is 2.18. The van der Waals surface area contributed by atoms with Crippen molar-refractivity contribution in [1.82, 2.24) is 19.7 Å². The van der Waals surface area contributed by atoms with E-state index in [0.29, 0.717) is 22.9 Å². The number of rotatable bonds is 6. The van der Waals surface area contributed by atoms with Gasteiger partial charge in [-0.2, -0.15) is 0 Å². The van der Waals surface area contributed by atoms with Crippen LogP contribution in [0.4, 0.5) is 11.6 Å². The number of thioether (sulfide) groups is 1. The van der Waals surface area contributed by atoms with Crippen LogP contribution < -0.4 is 10.2 Å². The third kappa shape index (κ3) is 3.34. The van der Waals surface area contributed by atoms with Gasteiger partial charge in [-0.05, 0) is 43.9 Å². The summed E-state index contributed by atoms with van der Waals surface area (Å²) in [4.78, 5) is 40.0. The smallest absolute Gasteiger partial charge is 0.261 e. The van der Waals surface area contributed by atoms with E-state index in [1.54, 1.807) is 18.2 Å². The standard InChI is InChI=1S/C20H22N6O3S/c1-24-17(28)14-7-4-12(10-15(14)18(24)29)21-16(27)11-30-20-23-22-19(25-8-2-3-9-25)26(20)13-5-6-13/h4,7,10,13H,2-3,5-6,8-9,11H2,1H3,(H,21,27). The molecule has 30 heavy (non-hydrogen) atoms. The van der Waals surface area contributed by atoms with Crippen molar-refractivity contribution in [2.75, 3.05) is 36.1 Å². The Hall–Kier alpha value is -2.88. The van der Waals surface area contributed by atoms with Gasteiger partial charge in [-0.25, -0.2) is 0 Å². The number of fused-ring (bicyclic) bond motifs is 1. The average molecular weight is 427 g/mol. The van der Waals surface area contributed by atoms with E-state index in [2.05, 4.69) is 25.0 Å². The fourth-order valence-electron chi connectivity index (χ4n) is 3.92. The van der Waals surface area contributed by atoms with Gasteiger partial charge >= 0.3 is 0 Å². The van der Waals surface area contributed by atoms with Crippen molar-refractivity contribution in [1.29, 1.82) is 0 Å². The Balaban J connectivity index is 1.25. The molecule has 1 aliphatic carbocycles. The van der Waals surface area contributed by atoms with Crippen LogP contribution in [0.1, 0.15) is 52.4 Å². The number of amides is 3. The minimum atomic E-state index is -0.354. The van der Waals surface area contributed by atoms with Gasteiger partial charge in [-0.1, -0.05) is 11.8 Å². The van der Waals surface area contributed by atoms with Crippen molar-refractivity contribution in [3.8, 4) is 0 Å². The maximum absolute atomic E-state index is 12.5. The van der Waals surface area contributed by atoms with Gasteiger partial charge in [0, 0.05) is 31.9 Å². The summed E-state index contributed by atoms with van der Waals surface area (Å²) in [5.41, 5.74) is 1.18. The zero-order chi connectivity index (χ0) is 20.8. The van der Waals surface area contributed by atoms with Crippen LogP contribution in [-0.2, 0) is 4.79 Å². The van der Waals surface area contributed by atoms with Gasteiger partial charge in [0.2, 0.25) is 11.9 Å². The molecule has 0 unspecified atom stereocenters. The zero-order valence-corrected chi connectivity index (χ0v) is 17.4. The average Bonchev–Trinajstić information content (AvgIpc) is 3.19. The van der Waals surface area contributed by atoms with Gasteiger partial charge in [-0.15, -0.1) is 10.2 Å². The van der Waals surface area contributed by atoms with Crippen LogP contribution in [-0.4, -0.2) is 63.3 Å². The predicted molar refractivity (Wildman–Crippen MR) is 112 cm³/mol. The molecule has 2 aromatic rings. The van der Waals surface area contributed by atoms with Crippen LogP contribution in [0.5, 0.6) is 0 Å². The highest BCUT2D eigenvalue weighted by atomic mass is 32.2. The van der Waals surface area contributed by atoms with Gasteiger partial charge in [0.25, 0.3) is 11.8 Å². The van der Waals surface area contributed by atoms with Gasteiger partial charge in [0.1, 0.15) is 0 Å². The van der Waals surface area contributed by atoms with E-state index in [1.807, 2.05) is 0 Å². The lowest BCUT2D eigenvalue weighted by molar-refractivity contribution is -0.113. The molecule has 5 rings (SSSR count). The lowest BCUT2D eigenvalue weighted by atomic mass is 10.1. The number of nitrogens with zero attached hydrogens (tertiary/aromatic N) is 5. The molecule has 10 heteroatoms. The van der Waals surface area contributed by atoms with Crippen LogP contribution in [0.2, 0.25) is 0 Å². The molecule has 0 spiro atoms. The second-order valence-electron chi connectivity index (χ2n) is 7.84. The van der Waals surface area contributed by atoms with Crippen molar-refractivity contribution >= 4 is 41.1 Å². The molecule has 2 fully saturated rings. The molecule has 0 bridgehead atoms. The third-order valence-electron chi connectivity index (χ3n) is 5.65. The zero-order valence-electron chi connectivity index (χ0n) is 16.6. The maximum atomic E-state index is 12.5. The van der Waals surface area contributed by atoms with E-state index >= 15 is 0 Å². The Bertz CT molecular complexity index is 1040. The highest BCUT2D eigenvalue weighted by Gasteiger charge is 2.34. The maximum Gasteiger partial charge on any atom is 0.261 e. The first-order chi connectivity index (χ1) is 14.5. The predicted octanol–water partition coefficient (Wildman–Crippen LogP) is 2.17. The minimum absolute atomic E-state index is 0.189. The van der Waals surface area contributed by atoms with Gasteiger partial charge in [0.15, 0.2) is 5.16 Å². The van der Waals surface area contributed by atoms with E-state index < -0.39 is 0 Å². The van der Waals surface area contributed by atoms with Crippen LogP contribution in [0.25, 0.3) is 0 Å². The van der Waals surface area contributed by atoms with E-state index in [4.69, 9.17) is 0 Å². The van der Waals surface area contributed by atoms with Crippen molar-refractivity contribution in [2.24, 2.45) is 0 Å². The fourth-order valence-corrected chi connectivity index (χ4v) is 4.72. The lowest BCUT2D eigenvalue weighted by Gasteiger charge is -2.17. The number of carbonyl (C=O) groups is 3. The van der Waals surface area contributed by atoms with E-state index in [1.165, 1.54) is 31.7 Å². The molecule has 156 valence electrons. The summed E-state index contributed by atoms with van der Waals surface area (Å²) >= 11 is 1.37. The number of hydrogen-bond acceptors (Lipinski definition) is 7. The highest BCUT2D eigenvalue weighted by Crippen LogP contribution is 2.41. The first-order valence-electron chi connectivity index (χ1n) is 10.1. The largest absolute Gasteiger partial charge is 0.341 e. The summed E-state index contributed by atoms with van der Waals surface area (Å²) in [7, 11) is 1.45. The molecule has 1 N–H and O–H groups in total. The van der Waals surface area contributed by atoms with E-state index in [0.717, 1.165) is 41.9 Å². The van der Waals surface area contributed by atoms with Crippen LogP contribution >= 0.6 is 11.8 Å². The molecule has 3 amide bonds. The molecule has 1 aromatic heterocycles. The normalized spacial score (nSPS) is 18.3. The molecule has 9 nitrogen and oxygen atoms in total. The number of nitrogens with one attached hydrogen (secondary N) is 1. The van der Waals surface area contributed by atoms with E-state index in [-0.39, 0.29) is 23.5 Å². The molecule has 2 aliphatic heterocycles.